The lowest BCUT2D eigenvalue weighted by Crippen LogP contribution is -2.45. The van der Waals surface area contributed by atoms with E-state index in [9.17, 15) is 8.78 Å². The zero-order valence-corrected chi connectivity index (χ0v) is 12.4. The number of hydrogen-bond donors (Lipinski definition) is 1. The summed E-state index contributed by atoms with van der Waals surface area (Å²) in [6, 6.07) is 4.78. The highest BCUT2D eigenvalue weighted by Crippen LogP contribution is 2.29. The van der Waals surface area contributed by atoms with Crippen LogP contribution in [0.2, 0.25) is 0 Å². The van der Waals surface area contributed by atoms with E-state index in [0.29, 0.717) is 6.42 Å². The Hall–Kier alpha value is -0.910. The lowest BCUT2D eigenvalue weighted by Gasteiger charge is -2.35. The van der Waals surface area contributed by atoms with Crippen molar-refractivity contribution in [2.75, 3.05) is 40.0 Å². The van der Waals surface area contributed by atoms with Crippen molar-refractivity contribution in [2.45, 2.75) is 12.5 Å². The zero-order chi connectivity index (χ0) is 13.7. The van der Waals surface area contributed by atoms with E-state index in [2.05, 4.69) is 10.2 Å². The standard InChI is InChI=1S/C14H20F2N2O.ClH/c1-19-14-10-11(2-3-12(14)16)13(4-5-15)18-8-6-17-7-9-18;/h2-3,10,13,17H,4-9H2,1H3;1H/t13-;/m0./s1. The Morgan fingerprint density at radius 3 is 2.65 bits per heavy atom. The highest BCUT2D eigenvalue weighted by molar-refractivity contribution is 5.85. The van der Waals surface area contributed by atoms with E-state index in [1.165, 1.54) is 13.2 Å². The molecule has 6 heteroatoms. The van der Waals surface area contributed by atoms with Crippen LogP contribution in [-0.4, -0.2) is 44.9 Å². The van der Waals surface area contributed by atoms with Gasteiger partial charge in [0.25, 0.3) is 0 Å². The fourth-order valence-electron chi connectivity index (χ4n) is 2.54. The molecule has 3 nitrogen and oxygen atoms in total. The molecule has 0 aliphatic carbocycles. The predicted octanol–water partition coefficient (Wildman–Crippen LogP) is 2.56. The summed E-state index contributed by atoms with van der Waals surface area (Å²) in [6.07, 6.45) is 0.425. The molecule has 0 aromatic heterocycles. The molecule has 1 saturated heterocycles. The van der Waals surface area contributed by atoms with Gasteiger partial charge in [0.05, 0.1) is 13.8 Å². The smallest absolute Gasteiger partial charge is 0.165 e. The molecule has 0 saturated carbocycles. The van der Waals surface area contributed by atoms with Gasteiger partial charge in [0.15, 0.2) is 11.6 Å². The summed E-state index contributed by atoms with van der Waals surface area (Å²) in [5.41, 5.74) is 0.915. The second-order valence-electron chi connectivity index (χ2n) is 4.67. The molecule has 1 atom stereocenters. The van der Waals surface area contributed by atoms with Crippen LogP contribution in [-0.2, 0) is 0 Å². The van der Waals surface area contributed by atoms with Gasteiger partial charge in [-0.1, -0.05) is 6.07 Å². The van der Waals surface area contributed by atoms with Crippen LogP contribution in [0, 0.1) is 5.82 Å². The van der Waals surface area contributed by atoms with Crippen LogP contribution in [0.15, 0.2) is 18.2 Å². The van der Waals surface area contributed by atoms with E-state index in [0.717, 1.165) is 31.7 Å². The maximum absolute atomic E-state index is 13.4. The average Bonchev–Trinajstić information content (AvgIpc) is 2.46. The minimum absolute atomic E-state index is 0. The first-order valence-corrected chi connectivity index (χ1v) is 6.60. The maximum Gasteiger partial charge on any atom is 0.165 e. The number of nitrogens with one attached hydrogen (secondary N) is 1. The number of nitrogens with zero attached hydrogens (tertiary/aromatic N) is 1. The predicted molar refractivity (Wildman–Crippen MR) is 78.0 cm³/mol. The van der Waals surface area contributed by atoms with Crippen LogP contribution in [0.3, 0.4) is 0 Å². The Labute approximate surface area is 124 Å². The van der Waals surface area contributed by atoms with Crippen LogP contribution in [0.5, 0.6) is 5.75 Å². The SMILES string of the molecule is COc1cc([C@H](CCF)N2CCNCC2)ccc1F.Cl. The number of halogens is 3. The summed E-state index contributed by atoms with van der Waals surface area (Å²) in [5.74, 6) is -0.165. The first-order valence-electron chi connectivity index (χ1n) is 6.60. The number of ether oxygens (including phenoxy) is 1. The molecule has 1 N–H and O–H groups in total. The van der Waals surface area contributed by atoms with E-state index < -0.39 is 0 Å². The molecule has 20 heavy (non-hydrogen) atoms. The fourth-order valence-corrected chi connectivity index (χ4v) is 2.54. The first-order chi connectivity index (χ1) is 9.26. The van der Waals surface area contributed by atoms with Gasteiger partial charge >= 0.3 is 0 Å². The number of piperazine rings is 1. The van der Waals surface area contributed by atoms with Gasteiger partial charge in [-0.2, -0.15) is 0 Å². The van der Waals surface area contributed by atoms with Gasteiger partial charge in [0.1, 0.15) is 0 Å². The molecule has 2 rings (SSSR count). The van der Waals surface area contributed by atoms with E-state index in [1.807, 2.05) is 0 Å². The molecule has 0 unspecified atom stereocenters. The molecule has 1 heterocycles. The molecule has 1 aromatic rings. The van der Waals surface area contributed by atoms with E-state index in [-0.39, 0.29) is 36.7 Å². The van der Waals surface area contributed by atoms with Crippen molar-refractivity contribution in [3.05, 3.63) is 29.6 Å². The molecular formula is C14H21ClF2N2O. The Bertz CT molecular complexity index is 414. The quantitative estimate of drug-likeness (QED) is 0.905. The van der Waals surface area contributed by atoms with Gasteiger partial charge in [-0.25, -0.2) is 4.39 Å². The molecule has 0 spiro atoms. The van der Waals surface area contributed by atoms with Crippen molar-refractivity contribution >= 4 is 12.4 Å². The average molecular weight is 307 g/mol. The normalized spacial score (nSPS) is 17.4. The summed E-state index contributed by atoms with van der Waals surface area (Å²) in [7, 11) is 1.44. The summed E-state index contributed by atoms with van der Waals surface area (Å²) in [6.45, 7) is 3.19. The molecule has 1 aliphatic heterocycles. The van der Waals surface area contributed by atoms with Gasteiger partial charge in [0.2, 0.25) is 0 Å². The number of methoxy groups -OCH3 is 1. The van der Waals surface area contributed by atoms with Crippen LogP contribution in [0.25, 0.3) is 0 Å². The minimum atomic E-state index is -0.384. The molecule has 114 valence electrons. The zero-order valence-electron chi connectivity index (χ0n) is 11.6. The van der Waals surface area contributed by atoms with E-state index >= 15 is 0 Å². The molecule has 1 aromatic carbocycles. The highest BCUT2D eigenvalue weighted by Gasteiger charge is 2.22. The third-order valence-electron chi connectivity index (χ3n) is 3.53. The van der Waals surface area contributed by atoms with Crippen molar-refractivity contribution in [2.24, 2.45) is 0 Å². The summed E-state index contributed by atoms with van der Waals surface area (Å²) in [4.78, 5) is 2.24. The Kier molecular flexibility index (Phi) is 7.19. The third kappa shape index (κ3) is 4.04. The summed E-state index contributed by atoms with van der Waals surface area (Å²) < 4.78 is 31.2. The Morgan fingerprint density at radius 1 is 1.35 bits per heavy atom. The van der Waals surface area contributed by atoms with Crippen LogP contribution in [0.1, 0.15) is 18.0 Å². The molecule has 0 radical (unpaired) electrons. The maximum atomic E-state index is 13.4. The number of benzene rings is 1. The van der Waals surface area contributed by atoms with Gasteiger partial charge in [0, 0.05) is 32.2 Å². The van der Waals surface area contributed by atoms with Gasteiger partial charge in [-0.15, -0.1) is 12.4 Å². The number of hydrogen-bond acceptors (Lipinski definition) is 3. The largest absolute Gasteiger partial charge is 0.494 e. The Morgan fingerprint density at radius 2 is 2.05 bits per heavy atom. The van der Waals surface area contributed by atoms with Gasteiger partial charge in [-0.3, -0.25) is 9.29 Å². The van der Waals surface area contributed by atoms with Crippen molar-refractivity contribution in [1.82, 2.24) is 10.2 Å². The van der Waals surface area contributed by atoms with E-state index in [1.54, 1.807) is 12.1 Å². The van der Waals surface area contributed by atoms with Crippen molar-refractivity contribution < 1.29 is 13.5 Å². The highest BCUT2D eigenvalue weighted by atomic mass is 35.5. The van der Waals surface area contributed by atoms with Crippen molar-refractivity contribution in [3.63, 3.8) is 0 Å². The van der Waals surface area contributed by atoms with Crippen molar-refractivity contribution in [1.29, 1.82) is 0 Å². The van der Waals surface area contributed by atoms with Gasteiger partial charge < -0.3 is 10.1 Å². The molecular weight excluding hydrogens is 286 g/mol. The molecule has 1 fully saturated rings. The minimum Gasteiger partial charge on any atom is -0.494 e. The number of rotatable bonds is 5. The third-order valence-corrected chi connectivity index (χ3v) is 3.53. The monoisotopic (exact) mass is 306 g/mol. The lowest BCUT2D eigenvalue weighted by atomic mass is 10.0. The first kappa shape index (κ1) is 17.1. The summed E-state index contributed by atoms with van der Waals surface area (Å²) >= 11 is 0. The summed E-state index contributed by atoms with van der Waals surface area (Å²) in [5, 5.41) is 3.27. The van der Waals surface area contributed by atoms with Crippen LogP contribution in [0.4, 0.5) is 8.78 Å². The van der Waals surface area contributed by atoms with Crippen molar-refractivity contribution in [3.8, 4) is 5.75 Å². The molecule has 0 amide bonds. The van der Waals surface area contributed by atoms with E-state index in [4.69, 9.17) is 4.74 Å². The van der Waals surface area contributed by atoms with Crippen LogP contribution >= 0.6 is 12.4 Å². The second-order valence-corrected chi connectivity index (χ2v) is 4.67. The molecule has 0 bridgehead atoms. The molecule has 1 aliphatic rings. The fraction of sp³-hybridized carbons (Fsp3) is 0.571. The van der Waals surface area contributed by atoms with Crippen LogP contribution < -0.4 is 10.1 Å². The number of alkyl halides is 1. The van der Waals surface area contributed by atoms with Gasteiger partial charge in [-0.05, 0) is 24.1 Å². The topological polar surface area (TPSA) is 24.5 Å². The Balaban J connectivity index is 0.00000200. The second kappa shape index (κ2) is 8.39. The lowest BCUT2D eigenvalue weighted by molar-refractivity contribution is 0.157.